The molecule has 1 unspecified atom stereocenters. The molecule has 0 radical (unpaired) electrons. The maximum Gasteiger partial charge on any atom is 0.241 e. The lowest BCUT2D eigenvalue weighted by molar-refractivity contribution is 0.262. The van der Waals surface area contributed by atoms with E-state index in [9.17, 15) is 12.8 Å². The van der Waals surface area contributed by atoms with E-state index in [2.05, 4.69) is 6.58 Å². The van der Waals surface area contributed by atoms with Crippen molar-refractivity contribution >= 4 is 10.0 Å². The third-order valence-electron chi connectivity index (χ3n) is 1.86. The first kappa shape index (κ1) is 12.7. The van der Waals surface area contributed by atoms with E-state index < -0.39 is 21.9 Å². The van der Waals surface area contributed by atoms with Gasteiger partial charge >= 0.3 is 0 Å². The summed E-state index contributed by atoms with van der Waals surface area (Å²) >= 11 is 0. The largest absolute Gasteiger partial charge is 0.485 e. The predicted molar refractivity (Wildman–Crippen MR) is 58.1 cm³/mol. The van der Waals surface area contributed by atoms with E-state index in [1.165, 1.54) is 12.1 Å². The van der Waals surface area contributed by atoms with E-state index in [0.29, 0.717) is 0 Å². The number of nitrogens with two attached hydrogens (primary N) is 1. The highest BCUT2D eigenvalue weighted by Gasteiger charge is 2.17. The van der Waals surface area contributed by atoms with Gasteiger partial charge in [-0.1, -0.05) is 12.7 Å². The summed E-state index contributed by atoms with van der Waals surface area (Å²) in [5.74, 6) is -0.682. The fraction of sp³-hybridized carbons (Fsp3) is 0.200. The average molecular weight is 245 g/mol. The van der Waals surface area contributed by atoms with Gasteiger partial charge < -0.3 is 4.74 Å². The van der Waals surface area contributed by atoms with Gasteiger partial charge in [0.2, 0.25) is 10.0 Å². The summed E-state index contributed by atoms with van der Waals surface area (Å²) in [6.45, 7) is 5.16. The normalized spacial score (nSPS) is 13.2. The first-order valence-electron chi connectivity index (χ1n) is 4.46. The Bertz CT molecular complexity index is 499. The zero-order chi connectivity index (χ0) is 12.3. The molecule has 2 N–H and O–H groups in total. The number of rotatable bonds is 4. The molecule has 0 heterocycles. The summed E-state index contributed by atoms with van der Waals surface area (Å²) in [4.78, 5) is -0.374. The van der Waals surface area contributed by atoms with E-state index in [0.717, 1.165) is 12.1 Å². The van der Waals surface area contributed by atoms with Crippen LogP contribution in [0.5, 0.6) is 5.75 Å². The van der Waals surface area contributed by atoms with Crippen LogP contribution in [0.4, 0.5) is 4.39 Å². The van der Waals surface area contributed by atoms with Crippen molar-refractivity contribution in [3.63, 3.8) is 0 Å². The lowest BCUT2D eigenvalue weighted by atomic mass is 10.3. The number of ether oxygens (including phenoxy) is 1. The second-order valence-electron chi connectivity index (χ2n) is 3.19. The summed E-state index contributed by atoms with van der Waals surface area (Å²) in [7, 11) is -4.01. The second-order valence-corrected chi connectivity index (χ2v) is 4.72. The number of hydrogen-bond acceptors (Lipinski definition) is 3. The van der Waals surface area contributed by atoms with Crippen molar-refractivity contribution < 1.29 is 17.5 Å². The molecule has 0 spiro atoms. The van der Waals surface area contributed by atoms with Crippen molar-refractivity contribution in [2.24, 2.45) is 5.14 Å². The van der Waals surface area contributed by atoms with Crippen molar-refractivity contribution in [2.45, 2.75) is 17.9 Å². The fourth-order valence-electron chi connectivity index (χ4n) is 1.05. The number of primary sulfonamides is 1. The van der Waals surface area contributed by atoms with Crippen molar-refractivity contribution in [1.29, 1.82) is 0 Å². The molecule has 1 rings (SSSR count). The Labute approximate surface area is 93.6 Å². The Morgan fingerprint density at radius 3 is 2.69 bits per heavy atom. The summed E-state index contributed by atoms with van der Waals surface area (Å²) in [6, 6.07) is 3.13. The SMILES string of the molecule is C=CC(C)Oc1ccc(F)cc1S(N)(=O)=O. The second kappa shape index (κ2) is 4.63. The molecule has 0 fully saturated rings. The average Bonchev–Trinajstić information content (AvgIpc) is 2.19. The van der Waals surface area contributed by atoms with Gasteiger partial charge in [-0.2, -0.15) is 0 Å². The summed E-state index contributed by atoms with van der Waals surface area (Å²) in [5, 5.41) is 4.94. The Morgan fingerprint density at radius 1 is 1.56 bits per heavy atom. The highest BCUT2D eigenvalue weighted by Crippen LogP contribution is 2.24. The number of sulfonamides is 1. The van der Waals surface area contributed by atoms with Crippen LogP contribution in [0.3, 0.4) is 0 Å². The molecule has 0 aliphatic rings. The molecule has 6 heteroatoms. The van der Waals surface area contributed by atoms with E-state index in [1.54, 1.807) is 6.92 Å². The standard InChI is InChI=1S/C10H12FNO3S/c1-3-7(2)15-9-5-4-8(11)6-10(9)16(12,13)14/h3-7H,1H2,2H3,(H2,12,13,14). The number of halogens is 1. The lowest BCUT2D eigenvalue weighted by Gasteiger charge is -2.13. The maximum atomic E-state index is 12.9. The van der Waals surface area contributed by atoms with Crippen LogP contribution >= 0.6 is 0 Å². The van der Waals surface area contributed by atoms with E-state index >= 15 is 0 Å². The fourth-order valence-corrected chi connectivity index (χ4v) is 1.72. The van der Waals surface area contributed by atoms with Crippen LogP contribution in [0.1, 0.15) is 6.92 Å². The summed E-state index contributed by atoms with van der Waals surface area (Å²) in [5.41, 5.74) is 0. The third kappa shape index (κ3) is 3.04. The molecule has 16 heavy (non-hydrogen) atoms. The maximum absolute atomic E-state index is 12.9. The van der Waals surface area contributed by atoms with Crippen LogP contribution in [0.2, 0.25) is 0 Å². The van der Waals surface area contributed by atoms with Crippen LogP contribution in [-0.4, -0.2) is 14.5 Å². The molecule has 0 amide bonds. The molecule has 1 atom stereocenters. The van der Waals surface area contributed by atoms with Crippen molar-refractivity contribution in [3.05, 3.63) is 36.7 Å². The monoisotopic (exact) mass is 245 g/mol. The molecular formula is C10H12FNO3S. The molecule has 0 saturated heterocycles. The van der Waals surface area contributed by atoms with Gasteiger partial charge in [-0.15, -0.1) is 0 Å². The van der Waals surface area contributed by atoms with Crippen LogP contribution in [0, 0.1) is 5.82 Å². The van der Waals surface area contributed by atoms with Gasteiger partial charge in [0.25, 0.3) is 0 Å². The smallest absolute Gasteiger partial charge is 0.241 e. The first-order chi connectivity index (χ1) is 7.34. The van der Waals surface area contributed by atoms with Gasteiger partial charge in [-0.05, 0) is 25.1 Å². The zero-order valence-corrected chi connectivity index (χ0v) is 9.50. The minimum absolute atomic E-state index is 0.0105. The predicted octanol–water partition coefficient (Wildman–Crippen LogP) is 1.43. The van der Waals surface area contributed by atoms with E-state index in [1.807, 2.05) is 0 Å². The zero-order valence-electron chi connectivity index (χ0n) is 8.68. The Morgan fingerprint density at radius 2 is 2.19 bits per heavy atom. The van der Waals surface area contributed by atoms with Gasteiger partial charge in [0, 0.05) is 0 Å². The Hall–Kier alpha value is -1.40. The van der Waals surface area contributed by atoms with Crippen LogP contribution in [-0.2, 0) is 10.0 Å². The molecule has 0 saturated carbocycles. The molecule has 0 aliphatic heterocycles. The topological polar surface area (TPSA) is 69.4 Å². The molecular weight excluding hydrogens is 233 g/mol. The lowest BCUT2D eigenvalue weighted by Crippen LogP contribution is -2.16. The van der Waals surface area contributed by atoms with E-state index in [-0.39, 0.29) is 10.6 Å². The Kier molecular flexibility index (Phi) is 3.66. The van der Waals surface area contributed by atoms with E-state index in [4.69, 9.17) is 9.88 Å². The van der Waals surface area contributed by atoms with Gasteiger partial charge in [0.15, 0.2) is 0 Å². The van der Waals surface area contributed by atoms with Gasteiger partial charge in [-0.3, -0.25) is 0 Å². The molecule has 4 nitrogen and oxygen atoms in total. The minimum Gasteiger partial charge on any atom is -0.485 e. The Balaban J connectivity index is 3.23. The molecule has 0 bridgehead atoms. The van der Waals surface area contributed by atoms with Gasteiger partial charge in [0.1, 0.15) is 22.6 Å². The van der Waals surface area contributed by atoms with Crippen molar-refractivity contribution in [2.75, 3.05) is 0 Å². The van der Waals surface area contributed by atoms with Crippen molar-refractivity contribution in [1.82, 2.24) is 0 Å². The molecule has 1 aromatic carbocycles. The molecule has 0 aromatic heterocycles. The number of hydrogen-bond donors (Lipinski definition) is 1. The highest BCUT2D eigenvalue weighted by molar-refractivity contribution is 7.89. The highest BCUT2D eigenvalue weighted by atomic mass is 32.2. The molecule has 0 aliphatic carbocycles. The van der Waals surface area contributed by atoms with Crippen LogP contribution in [0.15, 0.2) is 35.7 Å². The van der Waals surface area contributed by atoms with Gasteiger partial charge in [0.05, 0.1) is 0 Å². The first-order valence-corrected chi connectivity index (χ1v) is 6.01. The van der Waals surface area contributed by atoms with Crippen LogP contribution in [0.25, 0.3) is 0 Å². The quantitative estimate of drug-likeness (QED) is 0.816. The van der Waals surface area contributed by atoms with Crippen LogP contribution < -0.4 is 9.88 Å². The molecule has 1 aromatic rings. The van der Waals surface area contributed by atoms with Crippen molar-refractivity contribution in [3.8, 4) is 5.75 Å². The van der Waals surface area contributed by atoms with Gasteiger partial charge in [-0.25, -0.2) is 17.9 Å². The minimum atomic E-state index is -4.01. The molecule has 88 valence electrons. The number of benzene rings is 1. The third-order valence-corrected chi connectivity index (χ3v) is 2.79. The summed E-state index contributed by atoms with van der Waals surface area (Å²) < 4.78 is 40.5. The summed E-state index contributed by atoms with van der Waals surface area (Å²) in [6.07, 6.45) is 1.09.